The van der Waals surface area contributed by atoms with Crippen LogP contribution < -0.4 is 10.6 Å². The fourth-order valence-electron chi connectivity index (χ4n) is 2.03. The zero-order valence-electron chi connectivity index (χ0n) is 9.82. The Morgan fingerprint density at radius 3 is 2.53 bits per heavy atom. The van der Waals surface area contributed by atoms with Crippen molar-refractivity contribution >= 4 is 18.3 Å². The largest absolute Gasteiger partial charge is 0.353 e. The molecule has 0 aliphatic carbocycles. The second kappa shape index (κ2) is 7.30. The number of hydrogen-bond donors (Lipinski definition) is 2. The van der Waals surface area contributed by atoms with Gasteiger partial charge in [0.15, 0.2) is 0 Å². The van der Waals surface area contributed by atoms with E-state index in [-0.39, 0.29) is 18.3 Å². The zero-order valence-corrected chi connectivity index (χ0v) is 10.6. The Bertz CT molecular complexity index is 337. The quantitative estimate of drug-likeness (QED) is 0.859. The third kappa shape index (κ3) is 4.75. The monoisotopic (exact) mass is 254 g/mol. The first-order valence-electron chi connectivity index (χ1n) is 5.88. The summed E-state index contributed by atoms with van der Waals surface area (Å²) in [6.07, 6.45) is 2.58. The van der Waals surface area contributed by atoms with Crippen LogP contribution >= 0.6 is 12.4 Å². The van der Waals surface area contributed by atoms with E-state index in [1.165, 1.54) is 0 Å². The van der Waals surface area contributed by atoms with E-state index in [4.69, 9.17) is 0 Å². The van der Waals surface area contributed by atoms with E-state index in [0.29, 0.717) is 12.5 Å². The van der Waals surface area contributed by atoms with Crippen molar-refractivity contribution in [2.45, 2.75) is 25.3 Å². The lowest BCUT2D eigenvalue weighted by atomic mass is 10.1. The molecular weight excluding hydrogens is 236 g/mol. The van der Waals surface area contributed by atoms with Crippen LogP contribution in [0.5, 0.6) is 0 Å². The Balaban J connectivity index is 0.00000144. The molecular formula is C13H19ClN2O. The summed E-state index contributed by atoms with van der Waals surface area (Å²) in [4.78, 5) is 11.7. The van der Waals surface area contributed by atoms with E-state index in [1.54, 1.807) is 0 Å². The first-order valence-corrected chi connectivity index (χ1v) is 5.88. The Labute approximate surface area is 108 Å². The molecule has 1 fully saturated rings. The van der Waals surface area contributed by atoms with E-state index in [0.717, 1.165) is 31.5 Å². The predicted octanol–water partition coefficient (Wildman–Crippen LogP) is 1.52. The summed E-state index contributed by atoms with van der Waals surface area (Å²) >= 11 is 0. The Kier molecular flexibility index (Phi) is 6.01. The van der Waals surface area contributed by atoms with Crippen molar-refractivity contribution in [3.63, 3.8) is 0 Å². The highest BCUT2D eigenvalue weighted by Gasteiger charge is 2.15. The van der Waals surface area contributed by atoms with Crippen LogP contribution in [-0.2, 0) is 11.2 Å². The van der Waals surface area contributed by atoms with Crippen LogP contribution in [0.3, 0.4) is 0 Å². The van der Waals surface area contributed by atoms with E-state index in [2.05, 4.69) is 10.6 Å². The van der Waals surface area contributed by atoms with Crippen molar-refractivity contribution in [1.82, 2.24) is 10.6 Å². The number of carbonyl (C=O) groups is 1. The summed E-state index contributed by atoms with van der Waals surface area (Å²) in [6.45, 7) is 2.02. The number of piperidine rings is 1. The van der Waals surface area contributed by atoms with Crippen LogP contribution in [0.15, 0.2) is 30.3 Å². The second-order valence-electron chi connectivity index (χ2n) is 4.25. The van der Waals surface area contributed by atoms with Gasteiger partial charge in [-0.2, -0.15) is 0 Å². The van der Waals surface area contributed by atoms with Gasteiger partial charge in [-0.3, -0.25) is 4.79 Å². The topological polar surface area (TPSA) is 41.1 Å². The van der Waals surface area contributed by atoms with Crippen LogP contribution in [-0.4, -0.2) is 25.0 Å². The molecule has 1 aliphatic rings. The predicted molar refractivity (Wildman–Crippen MR) is 71.4 cm³/mol. The standard InChI is InChI=1S/C13H18N2O.ClH/c16-13(10-11-4-2-1-3-5-11)15-12-6-8-14-9-7-12;/h1-5,12,14H,6-10H2,(H,15,16);1H. The first-order chi connectivity index (χ1) is 7.84. The van der Waals surface area contributed by atoms with Gasteiger partial charge >= 0.3 is 0 Å². The highest BCUT2D eigenvalue weighted by Crippen LogP contribution is 2.04. The van der Waals surface area contributed by atoms with Gasteiger partial charge in [0.1, 0.15) is 0 Å². The van der Waals surface area contributed by atoms with Crippen molar-refractivity contribution in [2.24, 2.45) is 0 Å². The lowest BCUT2D eigenvalue weighted by Crippen LogP contribution is -2.43. The molecule has 1 amide bonds. The molecule has 0 unspecified atom stereocenters. The number of carbonyl (C=O) groups excluding carboxylic acids is 1. The minimum Gasteiger partial charge on any atom is -0.353 e. The maximum absolute atomic E-state index is 11.7. The number of amides is 1. The van der Waals surface area contributed by atoms with Gasteiger partial charge in [-0.05, 0) is 31.5 Å². The van der Waals surface area contributed by atoms with Gasteiger partial charge in [-0.25, -0.2) is 0 Å². The van der Waals surface area contributed by atoms with Crippen molar-refractivity contribution in [2.75, 3.05) is 13.1 Å². The lowest BCUT2D eigenvalue weighted by Gasteiger charge is -2.23. The van der Waals surface area contributed by atoms with Crippen LogP contribution in [0.1, 0.15) is 18.4 Å². The molecule has 0 bridgehead atoms. The molecule has 3 nitrogen and oxygen atoms in total. The highest BCUT2D eigenvalue weighted by atomic mass is 35.5. The van der Waals surface area contributed by atoms with Crippen LogP contribution in [0, 0.1) is 0 Å². The molecule has 0 atom stereocenters. The number of hydrogen-bond acceptors (Lipinski definition) is 2. The Hall–Kier alpha value is -1.06. The van der Waals surface area contributed by atoms with Gasteiger partial charge in [0.25, 0.3) is 0 Å². The van der Waals surface area contributed by atoms with Gasteiger partial charge in [0, 0.05) is 6.04 Å². The molecule has 0 spiro atoms. The van der Waals surface area contributed by atoms with E-state index >= 15 is 0 Å². The molecule has 2 rings (SSSR count). The van der Waals surface area contributed by atoms with E-state index in [9.17, 15) is 4.79 Å². The summed E-state index contributed by atoms with van der Waals surface area (Å²) < 4.78 is 0. The molecule has 2 N–H and O–H groups in total. The van der Waals surface area contributed by atoms with Crippen molar-refractivity contribution < 1.29 is 4.79 Å². The maximum atomic E-state index is 11.7. The van der Waals surface area contributed by atoms with Gasteiger partial charge < -0.3 is 10.6 Å². The molecule has 1 saturated heterocycles. The molecule has 1 aliphatic heterocycles. The number of nitrogens with one attached hydrogen (secondary N) is 2. The van der Waals surface area contributed by atoms with Gasteiger partial charge in [0.2, 0.25) is 5.91 Å². The average molecular weight is 255 g/mol. The molecule has 1 aromatic carbocycles. The summed E-state index contributed by atoms with van der Waals surface area (Å²) in [6, 6.07) is 10.2. The van der Waals surface area contributed by atoms with E-state index in [1.807, 2.05) is 30.3 Å². The van der Waals surface area contributed by atoms with Crippen LogP contribution in [0.2, 0.25) is 0 Å². The normalized spacial score (nSPS) is 16.0. The molecule has 0 aromatic heterocycles. The molecule has 94 valence electrons. The van der Waals surface area contributed by atoms with E-state index < -0.39 is 0 Å². The average Bonchev–Trinajstić information content (AvgIpc) is 2.31. The minimum atomic E-state index is 0. The summed E-state index contributed by atoms with van der Waals surface area (Å²) in [5.41, 5.74) is 1.08. The van der Waals surface area contributed by atoms with Gasteiger partial charge in [0.05, 0.1) is 6.42 Å². The SMILES string of the molecule is Cl.O=C(Cc1ccccc1)NC1CCNCC1. The number of halogens is 1. The number of rotatable bonds is 3. The molecule has 0 saturated carbocycles. The van der Waals surface area contributed by atoms with Gasteiger partial charge in [-0.1, -0.05) is 30.3 Å². The maximum Gasteiger partial charge on any atom is 0.224 e. The minimum absolute atomic E-state index is 0. The lowest BCUT2D eigenvalue weighted by molar-refractivity contribution is -0.121. The molecule has 1 heterocycles. The van der Waals surface area contributed by atoms with Gasteiger partial charge in [-0.15, -0.1) is 12.4 Å². The highest BCUT2D eigenvalue weighted by molar-refractivity contribution is 5.85. The smallest absolute Gasteiger partial charge is 0.224 e. The van der Waals surface area contributed by atoms with Crippen molar-refractivity contribution in [1.29, 1.82) is 0 Å². The molecule has 1 aromatic rings. The first kappa shape index (κ1) is 14.0. The second-order valence-corrected chi connectivity index (χ2v) is 4.25. The number of benzene rings is 1. The fourth-order valence-corrected chi connectivity index (χ4v) is 2.03. The van der Waals surface area contributed by atoms with Crippen LogP contribution in [0.25, 0.3) is 0 Å². The Morgan fingerprint density at radius 1 is 1.24 bits per heavy atom. The molecule has 0 radical (unpaired) electrons. The fraction of sp³-hybridized carbons (Fsp3) is 0.462. The van der Waals surface area contributed by atoms with Crippen molar-refractivity contribution in [3.05, 3.63) is 35.9 Å². The third-order valence-corrected chi connectivity index (χ3v) is 2.91. The Morgan fingerprint density at radius 2 is 1.88 bits per heavy atom. The molecule has 4 heteroatoms. The zero-order chi connectivity index (χ0) is 11.2. The molecule has 17 heavy (non-hydrogen) atoms. The summed E-state index contributed by atoms with van der Waals surface area (Å²) in [5, 5.41) is 6.37. The third-order valence-electron chi connectivity index (χ3n) is 2.91. The summed E-state index contributed by atoms with van der Waals surface area (Å²) in [5.74, 6) is 0.137. The van der Waals surface area contributed by atoms with Crippen LogP contribution in [0.4, 0.5) is 0 Å². The van der Waals surface area contributed by atoms with Crippen molar-refractivity contribution in [3.8, 4) is 0 Å². The summed E-state index contributed by atoms with van der Waals surface area (Å²) in [7, 11) is 0.